The van der Waals surface area contributed by atoms with E-state index in [0.29, 0.717) is 27.8 Å². The largest absolute Gasteiger partial charge is 0.492 e. The average molecular weight is 484 g/mol. The van der Waals surface area contributed by atoms with Gasteiger partial charge in [-0.05, 0) is 61.1 Å². The van der Waals surface area contributed by atoms with Gasteiger partial charge in [0.15, 0.2) is 5.11 Å². The standard InChI is InChI=1S/C20H19Cl2N3O5S/c1-29-19(28)13-6-4-12(5-7-13)18(27)23-20(31)25-24-17(26)3-2-10-30-16-9-8-14(21)11-15(16)22/h4-9,11H,2-3,10H2,1H3,(H,24,26)(H2,23,25,27,31). The number of hydrazine groups is 1. The van der Waals surface area contributed by atoms with Crippen LogP contribution >= 0.6 is 35.4 Å². The van der Waals surface area contributed by atoms with E-state index in [-0.39, 0.29) is 29.6 Å². The number of hydrogen-bond donors (Lipinski definition) is 3. The maximum Gasteiger partial charge on any atom is 0.337 e. The Labute approximate surface area is 194 Å². The summed E-state index contributed by atoms with van der Waals surface area (Å²) >= 11 is 16.8. The monoisotopic (exact) mass is 483 g/mol. The predicted molar refractivity (Wildman–Crippen MR) is 120 cm³/mol. The topological polar surface area (TPSA) is 106 Å². The van der Waals surface area contributed by atoms with Gasteiger partial charge in [-0.1, -0.05) is 23.2 Å². The summed E-state index contributed by atoms with van der Waals surface area (Å²) in [6.45, 7) is 0.275. The Balaban J connectivity index is 1.67. The van der Waals surface area contributed by atoms with Gasteiger partial charge < -0.3 is 9.47 Å². The van der Waals surface area contributed by atoms with Gasteiger partial charge in [-0.2, -0.15) is 0 Å². The molecule has 0 aliphatic rings. The van der Waals surface area contributed by atoms with Crippen molar-refractivity contribution >= 4 is 58.3 Å². The van der Waals surface area contributed by atoms with Crippen molar-refractivity contribution in [3.63, 3.8) is 0 Å². The Morgan fingerprint density at radius 1 is 1.00 bits per heavy atom. The van der Waals surface area contributed by atoms with Crippen molar-refractivity contribution in [3.05, 3.63) is 63.6 Å². The van der Waals surface area contributed by atoms with Crippen LogP contribution in [-0.2, 0) is 9.53 Å². The third-order valence-electron chi connectivity index (χ3n) is 3.81. The number of thiocarbonyl (C=S) groups is 1. The van der Waals surface area contributed by atoms with Crippen molar-refractivity contribution in [2.45, 2.75) is 12.8 Å². The second-order valence-corrected chi connectivity index (χ2v) is 7.30. The molecule has 11 heteroatoms. The summed E-state index contributed by atoms with van der Waals surface area (Å²) in [6, 6.07) is 10.7. The minimum Gasteiger partial charge on any atom is -0.492 e. The summed E-state index contributed by atoms with van der Waals surface area (Å²) in [6.07, 6.45) is 0.585. The van der Waals surface area contributed by atoms with Gasteiger partial charge in [0.25, 0.3) is 5.91 Å². The average Bonchev–Trinajstić information content (AvgIpc) is 2.76. The smallest absolute Gasteiger partial charge is 0.337 e. The first-order chi connectivity index (χ1) is 14.8. The number of ether oxygens (including phenoxy) is 2. The number of hydrogen-bond acceptors (Lipinski definition) is 6. The maximum absolute atomic E-state index is 12.1. The second kappa shape index (κ2) is 12.1. The highest BCUT2D eigenvalue weighted by atomic mass is 35.5. The molecule has 2 aromatic carbocycles. The lowest BCUT2D eigenvalue weighted by Crippen LogP contribution is -2.48. The molecule has 0 saturated carbocycles. The van der Waals surface area contributed by atoms with E-state index in [1.54, 1.807) is 18.2 Å². The Kier molecular flexibility index (Phi) is 9.51. The minimum atomic E-state index is -0.506. The van der Waals surface area contributed by atoms with E-state index in [0.717, 1.165) is 0 Å². The summed E-state index contributed by atoms with van der Waals surface area (Å²) in [5.74, 6) is -0.872. The molecular formula is C20H19Cl2N3O5S. The van der Waals surface area contributed by atoms with E-state index >= 15 is 0 Å². The van der Waals surface area contributed by atoms with Gasteiger partial charge in [-0.15, -0.1) is 0 Å². The van der Waals surface area contributed by atoms with Gasteiger partial charge in [-0.3, -0.25) is 25.8 Å². The Morgan fingerprint density at radius 2 is 1.68 bits per heavy atom. The van der Waals surface area contributed by atoms with Crippen molar-refractivity contribution in [1.82, 2.24) is 16.2 Å². The van der Waals surface area contributed by atoms with Gasteiger partial charge in [0.1, 0.15) is 5.75 Å². The van der Waals surface area contributed by atoms with Gasteiger partial charge in [-0.25, -0.2) is 4.79 Å². The number of esters is 1. The minimum absolute atomic E-state index is 0.0837. The molecule has 0 aliphatic heterocycles. The number of benzene rings is 2. The van der Waals surface area contributed by atoms with Gasteiger partial charge in [0.05, 0.1) is 24.3 Å². The van der Waals surface area contributed by atoms with Crippen LogP contribution in [0.4, 0.5) is 0 Å². The van der Waals surface area contributed by atoms with Crippen LogP contribution < -0.4 is 20.9 Å². The van der Waals surface area contributed by atoms with Crippen LogP contribution in [0, 0.1) is 0 Å². The van der Waals surface area contributed by atoms with Gasteiger partial charge in [0, 0.05) is 17.0 Å². The predicted octanol–water partition coefficient (Wildman–Crippen LogP) is 3.27. The number of methoxy groups -OCH3 is 1. The maximum atomic E-state index is 12.1. The van der Waals surface area contributed by atoms with Crippen LogP contribution in [0.3, 0.4) is 0 Å². The molecular weight excluding hydrogens is 465 g/mol. The van der Waals surface area contributed by atoms with Gasteiger partial charge >= 0.3 is 5.97 Å². The first-order valence-corrected chi connectivity index (χ1v) is 10.1. The van der Waals surface area contributed by atoms with Crippen molar-refractivity contribution in [3.8, 4) is 5.75 Å². The highest BCUT2D eigenvalue weighted by Crippen LogP contribution is 2.27. The van der Waals surface area contributed by atoms with Crippen LogP contribution in [0.15, 0.2) is 42.5 Å². The first-order valence-electron chi connectivity index (χ1n) is 8.96. The zero-order valence-corrected chi connectivity index (χ0v) is 18.7. The summed E-state index contributed by atoms with van der Waals surface area (Å²) in [5, 5.41) is 3.22. The lowest BCUT2D eigenvalue weighted by atomic mass is 10.1. The molecule has 3 N–H and O–H groups in total. The molecule has 2 rings (SSSR count). The lowest BCUT2D eigenvalue weighted by Gasteiger charge is -2.11. The molecule has 0 heterocycles. The normalized spacial score (nSPS) is 10.0. The van der Waals surface area contributed by atoms with Crippen molar-refractivity contribution in [2.24, 2.45) is 0 Å². The molecule has 0 fully saturated rings. The number of carbonyl (C=O) groups is 3. The van der Waals surface area contributed by atoms with Gasteiger partial charge in [0.2, 0.25) is 5.91 Å². The van der Waals surface area contributed by atoms with Crippen LogP contribution in [0.2, 0.25) is 10.0 Å². The van der Waals surface area contributed by atoms with E-state index in [9.17, 15) is 14.4 Å². The highest BCUT2D eigenvalue weighted by Gasteiger charge is 2.11. The molecule has 31 heavy (non-hydrogen) atoms. The fraction of sp³-hybridized carbons (Fsp3) is 0.200. The zero-order chi connectivity index (χ0) is 22.8. The third kappa shape index (κ3) is 8.05. The van der Waals surface area contributed by atoms with E-state index in [2.05, 4.69) is 20.9 Å². The molecule has 164 valence electrons. The van der Waals surface area contributed by atoms with E-state index in [1.807, 2.05) is 0 Å². The zero-order valence-electron chi connectivity index (χ0n) is 16.4. The number of amides is 2. The van der Waals surface area contributed by atoms with Crippen molar-refractivity contribution < 1.29 is 23.9 Å². The Morgan fingerprint density at radius 3 is 2.32 bits per heavy atom. The van der Waals surface area contributed by atoms with Crippen molar-refractivity contribution in [1.29, 1.82) is 0 Å². The fourth-order valence-electron chi connectivity index (χ4n) is 2.28. The van der Waals surface area contributed by atoms with Crippen LogP contribution in [0.25, 0.3) is 0 Å². The van der Waals surface area contributed by atoms with Crippen LogP contribution in [0.1, 0.15) is 33.6 Å². The molecule has 0 unspecified atom stereocenters. The Hall–Kier alpha value is -2.88. The number of carbonyl (C=O) groups excluding carboxylic acids is 3. The molecule has 8 nitrogen and oxygen atoms in total. The number of halogens is 2. The molecule has 0 aromatic heterocycles. The fourth-order valence-corrected chi connectivity index (χ4v) is 2.88. The van der Waals surface area contributed by atoms with E-state index in [4.69, 9.17) is 40.2 Å². The van der Waals surface area contributed by atoms with E-state index < -0.39 is 11.9 Å². The van der Waals surface area contributed by atoms with Crippen molar-refractivity contribution in [2.75, 3.05) is 13.7 Å². The summed E-state index contributed by atoms with van der Waals surface area (Å²) < 4.78 is 10.1. The molecule has 0 spiro atoms. The quantitative estimate of drug-likeness (QED) is 0.240. The molecule has 0 aliphatic carbocycles. The molecule has 0 saturated heterocycles. The summed E-state index contributed by atoms with van der Waals surface area (Å²) in [4.78, 5) is 35.4. The van der Waals surface area contributed by atoms with E-state index in [1.165, 1.54) is 31.4 Å². The highest BCUT2D eigenvalue weighted by molar-refractivity contribution is 7.80. The lowest BCUT2D eigenvalue weighted by molar-refractivity contribution is -0.121. The number of rotatable bonds is 7. The van der Waals surface area contributed by atoms with Crippen LogP contribution in [-0.4, -0.2) is 36.6 Å². The molecule has 0 radical (unpaired) electrons. The summed E-state index contributed by atoms with van der Waals surface area (Å²) in [7, 11) is 1.27. The SMILES string of the molecule is COC(=O)c1ccc(C(=O)NC(=S)NNC(=O)CCCOc2ccc(Cl)cc2Cl)cc1. The first kappa shape index (κ1) is 24.4. The summed E-state index contributed by atoms with van der Waals surface area (Å²) in [5.41, 5.74) is 5.42. The number of nitrogens with one attached hydrogen (secondary N) is 3. The molecule has 0 bridgehead atoms. The molecule has 0 atom stereocenters. The Bertz CT molecular complexity index is 970. The second-order valence-electron chi connectivity index (χ2n) is 6.05. The van der Waals surface area contributed by atoms with Crippen LogP contribution in [0.5, 0.6) is 5.75 Å². The third-order valence-corrected chi connectivity index (χ3v) is 4.54. The molecule has 2 aromatic rings. The molecule has 2 amide bonds.